The van der Waals surface area contributed by atoms with Gasteiger partial charge in [0, 0.05) is 49.4 Å². The van der Waals surface area contributed by atoms with Crippen molar-refractivity contribution in [2.75, 3.05) is 23.8 Å². The first-order chi connectivity index (χ1) is 26.6. The second-order valence-electron chi connectivity index (χ2n) is 13.1. The number of anilines is 2. The van der Waals surface area contributed by atoms with Crippen molar-refractivity contribution in [2.24, 2.45) is 0 Å². The Hall–Kier alpha value is -6.62. The number of ether oxygens (including phenoxy) is 1. The summed E-state index contributed by atoms with van der Waals surface area (Å²) in [5, 5.41) is 25.5. The number of nitrogens with zero attached hydrogens (tertiary/aromatic N) is 5. The van der Waals surface area contributed by atoms with Crippen LogP contribution in [-0.2, 0) is 29.2 Å². The second kappa shape index (κ2) is 17.5. The number of aryl methyl sites for hydroxylation is 1. The summed E-state index contributed by atoms with van der Waals surface area (Å²) in [6, 6.07) is 17.3. The van der Waals surface area contributed by atoms with E-state index in [0.717, 1.165) is 23.3 Å². The maximum Gasteiger partial charge on any atom is 0.322 e. The van der Waals surface area contributed by atoms with E-state index in [0.29, 0.717) is 67.6 Å². The Balaban J connectivity index is 0.930. The molecule has 0 bridgehead atoms. The third-order valence-electron chi connectivity index (χ3n) is 9.17. The molecule has 3 aromatic carbocycles. The zero-order valence-electron chi connectivity index (χ0n) is 30.1. The predicted octanol–water partition coefficient (Wildman–Crippen LogP) is 3.71. The summed E-state index contributed by atoms with van der Waals surface area (Å²) in [6.45, 7) is 4.24. The van der Waals surface area contributed by atoms with Gasteiger partial charge in [0.05, 0.1) is 30.5 Å². The quantitative estimate of drug-likeness (QED) is 0.0481. The Kier molecular flexibility index (Phi) is 12.1. The molecule has 17 heteroatoms. The average Bonchev–Trinajstić information content (AvgIpc) is 3.75. The normalized spacial score (nSPS) is 15.0. The number of benzene rings is 3. The summed E-state index contributed by atoms with van der Waals surface area (Å²) in [5.74, 6) is -2.18. The highest BCUT2D eigenvalue weighted by molar-refractivity contribution is 6.23. The molecule has 1 unspecified atom stereocenters. The number of hydrogen-bond donors (Lipinski definition) is 5. The molecule has 1 saturated heterocycles. The monoisotopic (exact) mass is 751 g/mol. The average molecular weight is 752 g/mol. The van der Waals surface area contributed by atoms with Crippen molar-refractivity contribution in [1.29, 1.82) is 0 Å². The highest BCUT2D eigenvalue weighted by atomic mass is 16.5. The molecule has 5 N–H and O–H groups in total. The summed E-state index contributed by atoms with van der Waals surface area (Å²) in [4.78, 5) is 77.3. The molecule has 286 valence electrons. The van der Waals surface area contributed by atoms with Crippen LogP contribution in [-0.4, -0.2) is 84.8 Å². The van der Waals surface area contributed by atoms with Gasteiger partial charge in [0.25, 0.3) is 17.7 Å². The highest BCUT2D eigenvalue weighted by Gasteiger charge is 2.44. The lowest BCUT2D eigenvalue weighted by atomic mass is 10.0. The molecule has 0 radical (unpaired) electrons. The lowest BCUT2D eigenvalue weighted by Gasteiger charge is -2.27. The Morgan fingerprint density at radius 3 is 2.44 bits per heavy atom. The molecule has 1 aromatic heterocycles. The number of amides is 7. The third-order valence-corrected chi connectivity index (χ3v) is 9.17. The first-order valence-electron chi connectivity index (χ1n) is 17.9. The molecule has 17 nitrogen and oxygen atoms in total. The van der Waals surface area contributed by atoms with Crippen LogP contribution in [0, 0.1) is 0 Å². The van der Waals surface area contributed by atoms with Crippen molar-refractivity contribution < 1.29 is 38.7 Å². The molecule has 6 rings (SSSR count). The maximum absolute atomic E-state index is 13.2. The largest absolute Gasteiger partial charge is 0.494 e. The number of piperidine rings is 1. The highest BCUT2D eigenvalue weighted by Crippen LogP contribution is 2.29. The van der Waals surface area contributed by atoms with Gasteiger partial charge in [0.1, 0.15) is 17.5 Å². The van der Waals surface area contributed by atoms with Gasteiger partial charge in [-0.3, -0.25) is 44.1 Å². The van der Waals surface area contributed by atoms with Crippen molar-refractivity contribution in [3.05, 3.63) is 101 Å². The Morgan fingerprint density at radius 1 is 0.964 bits per heavy atom. The van der Waals surface area contributed by atoms with Gasteiger partial charge in [-0.05, 0) is 73.0 Å². The summed E-state index contributed by atoms with van der Waals surface area (Å²) < 4.78 is 7.59. The molecule has 0 saturated carbocycles. The van der Waals surface area contributed by atoms with Gasteiger partial charge in [-0.15, -0.1) is 5.10 Å². The van der Waals surface area contributed by atoms with Crippen LogP contribution in [0.15, 0.2) is 72.9 Å². The van der Waals surface area contributed by atoms with Gasteiger partial charge in [-0.2, -0.15) is 0 Å². The Morgan fingerprint density at radius 2 is 1.71 bits per heavy atom. The number of carbonyl (C=O) groups excluding carboxylic acids is 6. The molecule has 2 aliphatic heterocycles. The van der Waals surface area contributed by atoms with Gasteiger partial charge in [0.2, 0.25) is 11.8 Å². The number of hydroxylamine groups is 1. The fourth-order valence-corrected chi connectivity index (χ4v) is 6.20. The minimum Gasteiger partial charge on any atom is -0.494 e. The van der Waals surface area contributed by atoms with Gasteiger partial charge >= 0.3 is 6.03 Å². The number of urea groups is 1. The van der Waals surface area contributed by atoms with Crippen LogP contribution < -0.4 is 26.2 Å². The van der Waals surface area contributed by atoms with E-state index in [4.69, 9.17) is 9.94 Å². The van der Waals surface area contributed by atoms with Gasteiger partial charge in [-0.25, -0.2) is 10.3 Å². The van der Waals surface area contributed by atoms with Gasteiger partial charge in [-0.1, -0.05) is 30.7 Å². The molecular weight excluding hydrogens is 710 g/mol. The van der Waals surface area contributed by atoms with Crippen molar-refractivity contribution in [3.8, 4) is 5.75 Å². The van der Waals surface area contributed by atoms with E-state index in [1.165, 1.54) is 0 Å². The van der Waals surface area contributed by atoms with Crippen molar-refractivity contribution in [3.63, 3.8) is 0 Å². The Labute approximate surface area is 316 Å². The van der Waals surface area contributed by atoms with E-state index in [-0.39, 0.29) is 30.0 Å². The predicted molar refractivity (Wildman–Crippen MR) is 197 cm³/mol. The summed E-state index contributed by atoms with van der Waals surface area (Å²) in [7, 11) is 0. The van der Waals surface area contributed by atoms with Crippen LogP contribution in [0.4, 0.5) is 16.2 Å². The molecule has 55 heavy (non-hydrogen) atoms. The summed E-state index contributed by atoms with van der Waals surface area (Å²) >= 11 is 0. The van der Waals surface area contributed by atoms with Crippen molar-refractivity contribution in [2.45, 2.75) is 64.7 Å². The summed E-state index contributed by atoms with van der Waals surface area (Å²) in [6.07, 6.45) is 4.34. The zero-order chi connectivity index (χ0) is 38.9. The van der Waals surface area contributed by atoms with Gasteiger partial charge < -0.3 is 20.3 Å². The molecular formula is C38H41N9O8. The zero-order valence-corrected chi connectivity index (χ0v) is 30.1. The number of imide groups is 2. The second-order valence-corrected chi connectivity index (χ2v) is 13.1. The number of unbranched alkanes of at least 4 members (excludes halogenated alkanes) is 1. The fraction of sp³-hybridized carbons (Fsp3) is 0.316. The minimum absolute atomic E-state index is 0.0536. The molecule has 0 spiro atoms. The number of fused-ring (bicyclic) bond motifs is 1. The smallest absolute Gasteiger partial charge is 0.322 e. The van der Waals surface area contributed by atoms with Crippen molar-refractivity contribution >= 4 is 46.9 Å². The molecule has 4 aromatic rings. The molecule has 1 fully saturated rings. The first kappa shape index (κ1) is 38.1. The molecule has 7 amide bonds. The van der Waals surface area contributed by atoms with Crippen LogP contribution in [0.3, 0.4) is 0 Å². The molecule has 3 heterocycles. The van der Waals surface area contributed by atoms with E-state index < -0.39 is 35.6 Å². The van der Waals surface area contributed by atoms with Crippen LogP contribution >= 0.6 is 0 Å². The molecule has 1 atom stereocenters. The minimum atomic E-state index is -1.02. The van der Waals surface area contributed by atoms with Crippen LogP contribution in [0.5, 0.6) is 5.75 Å². The van der Waals surface area contributed by atoms with E-state index in [1.54, 1.807) is 88.0 Å². The SMILES string of the molecule is CCCCN(Cc1ccc(C(=O)NO)cc1)C(=O)Nc1ccc(OCCCn2cc(CNc3ccc4c(c3)C(=O)N(C3CCC(=O)NC3=O)C4=O)nn2)cc1. The first-order valence-corrected chi connectivity index (χ1v) is 17.9. The maximum atomic E-state index is 13.2. The van der Waals surface area contributed by atoms with Crippen LogP contribution in [0.2, 0.25) is 0 Å². The van der Waals surface area contributed by atoms with Crippen molar-refractivity contribution in [1.82, 2.24) is 35.6 Å². The van der Waals surface area contributed by atoms with Crippen LogP contribution in [0.25, 0.3) is 0 Å². The topological polar surface area (TPSA) is 217 Å². The van der Waals surface area contributed by atoms with Crippen LogP contribution in [0.1, 0.15) is 81.4 Å². The standard InChI is InChI=1S/C38H41N9O8/c1-2-3-17-45(22-24-5-7-25(8-6-24)34(49)43-54)38(53)40-26-9-12-29(13-10-26)55-19-4-18-46-23-28(42-44-46)21-39-27-11-14-30-31(20-27)37(52)47(36(30)51)32-15-16-33(48)41-35(32)50/h5-14,20,23,32,39,54H,2-4,15-19,21-22H2,1H3,(H,40,53)(H,43,49)(H,41,48,50). The van der Waals surface area contributed by atoms with E-state index >= 15 is 0 Å². The number of nitrogens with one attached hydrogen (secondary N) is 4. The number of hydrogen-bond acceptors (Lipinski definition) is 11. The lowest BCUT2D eigenvalue weighted by molar-refractivity contribution is -0.136. The molecule has 2 aliphatic rings. The number of rotatable bonds is 16. The lowest BCUT2D eigenvalue weighted by Crippen LogP contribution is -2.54. The molecule has 0 aliphatic carbocycles. The third kappa shape index (κ3) is 9.31. The number of aromatic nitrogens is 3. The fourth-order valence-electron chi connectivity index (χ4n) is 6.20. The van der Waals surface area contributed by atoms with E-state index in [9.17, 15) is 28.8 Å². The van der Waals surface area contributed by atoms with E-state index in [1.807, 2.05) is 0 Å². The summed E-state index contributed by atoms with van der Waals surface area (Å²) in [5.41, 5.74) is 5.02. The number of carbonyl (C=O) groups is 6. The van der Waals surface area contributed by atoms with E-state index in [2.05, 4.69) is 33.2 Å². The van der Waals surface area contributed by atoms with Gasteiger partial charge in [0.15, 0.2) is 0 Å². The Bertz CT molecular complexity index is 2070.